The molecule has 0 fully saturated rings. The van der Waals surface area contributed by atoms with Gasteiger partial charge in [0, 0.05) is 18.6 Å². The Morgan fingerprint density at radius 1 is 1.50 bits per heavy atom. The molecule has 0 aliphatic heterocycles. The first kappa shape index (κ1) is 15.3. The fraction of sp³-hybridized carbons (Fsp3) is 0.462. The van der Waals surface area contributed by atoms with Crippen molar-refractivity contribution in [2.75, 3.05) is 25.1 Å². The van der Waals surface area contributed by atoms with Crippen molar-refractivity contribution in [2.24, 2.45) is 5.73 Å². The van der Waals surface area contributed by atoms with Crippen LogP contribution in [0.4, 0.5) is 0 Å². The fourth-order valence-corrected chi connectivity index (χ4v) is 2.58. The number of hydrogen-bond acceptors (Lipinski definition) is 3. The third kappa shape index (κ3) is 5.76. The number of halogens is 1. The van der Waals surface area contributed by atoms with Crippen LogP contribution < -0.4 is 5.73 Å². The van der Waals surface area contributed by atoms with Crippen LogP contribution in [0.15, 0.2) is 24.3 Å². The molecule has 0 saturated heterocycles. The molecule has 0 aliphatic rings. The fourth-order valence-electron chi connectivity index (χ4n) is 1.45. The van der Waals surface area contributed by atoms with Crippen molar-refractivity contribution in [3.05, 3.63) is 34.9 Å². The van der Waals surface area contributed by atoms with Gasteiger partial charge >= 0.3 is 0 Å². The Kier molecular flexibility index (Phi) is 7.16. The predicted octanol–water partition coefficient (Wildman–Crippen LogP) is 2.38. The molecule has 0 saturated carbocycles. The minimum absolute atomic E-state index is 0.136. The monoisotopic (exact) mass is 286 g/mol. The molecule has 0 heterocycles. The van der Waals surface area contributed by atoms with Gasteiger partial charge in [0.1, 0.15) is 0 Å². The third-order valence-corrected chi connectivity index (χ3v) is 3.72. The largest absolute Gasteiger partial charge is 0.341 e. The van der Waals surface area contributed by atoms with E-state index in [9.17, 15) is 4.79 Å². The quantitative estimate of drug-likeness (QED) is 0.783. The number of carbonyl (C=O) groups is 1. The van der Waals surface area contributed by atoms with Crippen LogP contribution in [0.2, 0.25) is 5.02 Å². The Balaban J connectivity index is 2.35. The van der Waals surface area contributed by atoms with Crippen LogP contribution in [0.25, 0.3) is 0 Å². The zero-order valence-corrected chi connectivity index (χ0v) is 12.1. The summed E-state index contributed by atoms with van der Waals surface area (Å²) in [5.41, 5.74) is 6.45. The van der Waals surface area contributed by atoms with Crippen molar-refractivity contribution in [1.82, 2.24) is 4.90 Å². The lowest BCUT2D eigenvalue weighted by molar-refractivity contribution is -0.127. The van der Waals surface area contributed by atoms with Crippen molar-refractivity contribution in [3.63, 3.8) is 0 Å². The minimum Gasteiger partial charge on any atom is -0.341 e. The maximum absolute atomic E-state index is 11.8. The SMILES string of the molecule is CN(Cc1cccc(Cl)c1)C(=O)CSCCCN. The van der Waals surface area contributed by atoms with Gasteiger partial charge in [-0.1, -0.05) is 23.7 Å². The summed E-state index contributed by atoms with van der Waals surface area (Å²) >= 11 is 7.54. The van der Waals surface area contributed by atoms with Crippen LogP contribution in [0.5, 0.6) is 0 Å². The Morgan fingerprint density at radius 2 is 2.28 bits per heavy atom. The molecule has 0 atom stereocenters. The van der Waals surface area contributed by atoms with E-state index in [-0.39, 0.29) is 5.91 Å². The van der Waals surface area contributed by atoms with E-state index in [1.807, 2.05) is 31.3 Å². The summed E-state index contributed by atoms with van der Waals surface area (Å²) in [4.78, 5) is 13.6. The first-order valence-corrected chi connectivity index (χ1v) is 7.43. The second-order valence-corrected chi connectivity index (χ2v) is 5.62. The Labute approximate surface area is 118 Å². The van der Waals surface area contributed by atoms with Crippen molar-refractivity contribution in [1.29, 1.82) is 0 Å². The predicted molar refractivity (Wildman–Crippen MR) is 78.9 cm³/mol. The van der Waals surface area contributed by atoms with Crippen LogP contribution in [0.1, 0.15) is 12.0 Å². The molecule has 1 rings (SSSR count). The molecule has 1 amide bonds. The molecule has 3 nitrogen and oxygen atoms in total. The average Bonchev–Trinajstić information content (AvgIpc) is 2.34. The van der Waals surface area contributed by atoms with E-state index in [1.165, 1.54) is 0 Å². The van der Waals surface area contributed by atoms with Crippen molar-refractivity contribution < 1.29 is 4.79 Å². The minimum atomic E-state index is 0.136. The van der Waals surface area contributed by atoms with Gasteiger partial charge in [0.25, 0.3) is 0 Å². The average molecular weight is 287 g/mol. The van der Waals surface area contributed by atoms with E-state index in [0.717, 1.165) is 17.7 Å². The Hall–Kier alpha value is -0.710. The van der Waals surface area contributed by atoms with Gasteiger partial charge < -0.3 is 10.6 Å². The Morgan fingerprint density at radius 3 is 2.94 bits per heavy atom. The molecule has 1 aromatic rings. The number of thioether (sulfide) groups is 1. The van der Waals surface area contributed by atoms with Crippen LogP contribution in [0.3, 0.4) is 0 Å². The first-order chi connectivity index (χ1) is 8.63. The lowest BCUT2D eigenvalue weighted by Gasteiger charge is -2.17. The van der Waals surface area contributed by atoms with Gasteiger partial charge in [0.15, 0.2) is 0 Å². The summed E-state index contributed by atoms with van der Waals surface area (Å²) in [5.74, 6) is 1.58. The highest BCUT2D eigenvalue weighted by molar-refractivity contribution is 7.99. The topological polar surface area (TPSA) is 46.3 Å². The molecule has 100 valence electrons. The molecule has 0 bridgehead atoms. The van der Waals surface area contributed by atoms with Crippen LogP contribution >= 0.6 is 23.4 Å². The second kappa shape index (κ2) is 8.40. The number of nitrogens with zero attached hydrogens (tertiary/aromatic N) is 1. The van der Waals surface area contributed by atoms with E-state index in [1.54, 1.807) is 16.7 Å². The molecule has 0 radical (unpaired) electrons. The van der Waals surface area contributed by atoms with E-state index >= 15 is 0 Å². The van der Waals surface area contributed by atoms with Gasteiger partial charge in [0.2, 0.25) is 5.91 Å². The second-order valence-electron chi connectivity index (χ2n) is 4.07. The number of carbonyl (C=O) groups excluding carboxylic acids is 1. The van der Waals surface area contributed by atoms with E-state index in [4.69, 9.17) is 17.3 Å². The van der Waals surface area contributed by atoms with Gasteiger partial charge in [-0.15, -0.1) is 0 Å². The summed E-state index contributed by atoms with van der Waals surface area (Å²) in [7, 11) is 1.81. The van der Waals surface area contributed by atoms with Gasteiger partial charge in [-0.25, -0.2) is 0 Å². The summed E-state index contributed by atoms with van der Waals surface area (Å²) < 4.78 is 0. The summed E-state index contributed by atoms with van der Waals surface area (Å²) in [6.45, 7) is 1.27. The van der Waals surface area contributed by atoms with Crippen LogP contribution in [-0.4, -0.2) is 35.9 Å². The van der Waals surface area contributed by atoms with Gasteiger partial charge in [-0.3, -0.25) is 4.79 Å². The zero-order valence-electron chi connectivity index (χ0n) is 10.6. The number of nitrogens with two attached hydrogens (primary N) is 1. The molecule has 5 heteroatoms. The summed E-state index contributed by atoms with van der Waals surface area (Å²) in [5, 5.41) is 0.700. The van der Waals surface area contributed by atoms with E-state index in [2.05, 4.69) is 0 Å². The van der Waals surface area contributed by atoms with E-state index in [0.29, 0.717) is 23.9 Å². The van der Waals surface area contributed by atoms with Crippen molar-refractivity contribution in [3.8, 4) is 0 Å². The third-order valence-electron chi connectivity index (χ3n) is 2.45. The van der Waals surface area contributed by atoms with Crippen molar-refractivity contribution >= 4 is 29.3 Å². The highest BCUT2D eigenvalue weighted by Crippen LogP contribution is 2.13. The normalized spacial score (nSPS) is 10.4. The highest BCUT2D eigenvalue weighted by atomic mass is 35.5. The smallest absolute Gasteiger partial charge is 0.232 e. The zero-order chi connectivity index (χ0) is 13.4. The van der Waals surface area contributed by atoms with E-state index < -0.39 is 0 Å². The maximum atomic E-state index is 11.8. The number of benzene rings is 1. The molecule has 1 aromatic carbocycles. The first-order valence-electron chi connectivity index (χ1n) is 5.89. The summed E-state index contributed by atoms with van der Waals surface area (Å²) in [6, 6.07) is 7.58. The molecule has 2 N–H and O–H groups in total. The van der Waals surface area contributed by atoms with Crippen LogP contribution in [-0.2, 0) is 11.3 Å². The van der Waals surface area contributed by atoms with Gasteiger partial charge in [-0.05, 0) is 36.4 Å². The standard InChI is InChI=1S/C13H19ClN2OS/c1-16(13(17)10-18-7-3-6-15)9-11-4-2-5-12(14)8-11/h2,4-5,8H,3,6-7,9-10,15H2,1H3. The Bertz CT molecular complexity index is 387. The molecular formula is C13H19ClN2OS. The van der Waals surface area contributed by atoms with Gasteiger partial charge in [0.05, 0.1) is 5.75 Å². The number of amides is 1. The number of hydrogen-bond donors (Lipinski definition) is 1. The molecule has 0 unspecified atom stereocenters. The summed E-state index contributed by atoms with van der Waals surface area (Å²) in [6.07, 6.45) is 0.954. The molecular weight excluding hydrogens is 268 g/mol. The molecule has 18 heavy (non-hydrogen) atoms. The molecule has 0 spiro atoms. The maximum Gasteiger partial charge on any atom is 0.232 e. The highest BCUT2D eigenvalue weighted by Gasteiger charge is 2.09. The molecule has 0 aromatic heterocycles. The van der Waals surface area contributed by atoms with Crippen LogP contribution in [0, 0.1) is 0 Å². The number of rotatable bonds is 7. The van der Waals surface area contributed by atoms with Crippen molar-refractivity contribution in [2.45, 2.75) is 13.0 Å². The molecule has 0 aliphatic carbocycles. The lowest BCUT2D eigenvalue weighted by atomic mass is 10.2. The van der Waals surface area contributed by atoms with Gasteiger partial charge in [-0.2, -0.15) is 11.8 Å². The lowest BCUT2D eigenvalue weighted by Crippen LogP contribution is -2.27.